The SMILES string of the molecule is C1=C(CNc2nnc3ccccc3n2)CCNC1. The summed E-state index contributed by atoms with van der Waals surface area (Å²) in [6, 6.07) is 7.75. The molecule has 0 saturated heterocycles. The topological polar surface area (TPSA) is 62.7 Å². The van der Waals surface area contributed by atoms with Crippen LogP contribution in [-0.2, 0) is 0 Å². The number of hydrogen-bond donors (Lipinski definition) is 2. The monoisotopic (exact) mass is 241 g/mol. The van der Waals surface area contributed by atoms with Gasteiger partial charge in [0.15, 0.2) is 0 Å². The van der Waals surface area contributed by atoms with Gasteiger partial charge in [-0.1, -0.05) is 23.8 Å². The van der Waals surface area contributed by atoms with E-state index in [0.29, 0.717) is 5.95 Å². The van der Waals surface area contributed by atoms with Crippen molar-refractivity contribution >= 4 is 17.0 Å². The van der Waals surface area contributed by atoms with Crippen molar-refractivity contribution < 1.29 is 0 Å². The Morgan fingerprint density at radius 3 is 2.89 bits per heavy atom. The standard InChI is InChI=1S/C13H15N5/c1-2-4-12-11(3-1)16-13(18-17-12)15-9-10-5-7-14-8-6-10/h1-5,14H,6-9H2,(H,15,16,18). The van der Waals surface area contributed by atoms with Gasteiger partial charge >= 0.3 is 0 Å². The third-order valence-corrected chi connectivity index (χ3v) is 2.99. The van der Waals surface area contributed by atoms with Crippen molar-refractivity contribution in [2.45, 2.75) is 6.42 Å². The number of hydrogen-bond acceptors (Lipinski definition) is 5. The first-order chi connectivity index (χ1) is 8.92. The maximum Gasteiger partial charge on any atom is 0.243 e. The zero-order chi connectivity index (χ0) is 12.2. The smallest absolute Gasteiger partial charge is 0.243 e. The van der Waals surface area contributed by atoms with E-state index in [1.807, 2.05) is 24.3 Å². The number of benzene rings is 1. The first-order valence-corrected chi connectivity index (χ1v) is 6.14. The second kappa shape index (κ2) is 5.10. The minimum Gasteiger partial charge on any atom is -0.349 e. The number of anilines is 1. The molecule has 0 atom stereocenters. The Hall–Kier alpha value is -2.01. The first kappa shape index (κ1) is 11.1. The van der Waals surface area contributed by atoms with E-state index in [2.05, 4.69) is 31.9 Å². The van der Waals surface area contributed by atoms with E-state index in [9.17, 15) is 0 Å². The van der Waals surface area contributed by atoms with Crippen molar-refractivity contribution in [1.29, 1.82) is 0 Å². The molecule has 1 aromatic heterocycles. The van der Waals surface area contributed by atoms with Gasteiger partial charge < -0.3 is 10.6 Å². The van der Waals surface area contributed by atoms with E-state index in [4.69, 9.17) is 0 Å². The van der Waals surface area contributed by atoms with Crippen LogP contribution in [0.4, 0.5) is 5.95 Å². The molecule has 0 spiro atoms. The van der Waals surface area contributed by atoms with Crippen LogP contribution < -0.4 is 10.6 Å². The Kier molecular flexibility index (Phi) is 3.14. The van der Waals surface area contributed by atoms with Crippen LogP contribution in [0.5, 0.6) is 0 Å². The van der Waals surface area contributed by atoms with E-state index in [0.717, 1.165) is 37.1 Å². The van der Waals surface area contributed by atoms with Gasteiger partial charge in [-0.25, -0.2) is 4.98 Å². The van der Waals surface area contributed by atoms with Crippen LogP contribution in [0.1, 0.15) is 6.42 Å². The lowest BCUT2D eigenvalue weighted by molar-refractivity contribution is 0.697. The molecule has 92 valence electrons. The zero-order valence-electron chi connectivity index (χ0n) is 10.1. The molecule has 0 radical (unpaired) electrons. The number of aromatic nitrogens is 3. The predicted octanol–water partition coefficient (Wildman–Crippen LogP) is 1.36. The minimum absolute atomic E-state index is 0.591. The molecule has 1 aliphatic heterocycles. The molecule has 5 heteroatoms. The van der Waals surface area contributed by atoms with Crippen LogP contribution in [0.3, 0.4) is 0 Å². The molecule has 0 bridgehead atoms. The molecule has 0 amide bonds. The summed E-state index contributed by atoms with van der Waals surface area (Å²) in [5, 5.41) is 14.7. The van der Waals surface area contributed by atoms with Gasteiger partial charge in [0, 0.05) is 13.1 Å². The fraction of sp³-hybridized carbons (Fsp3) is 0.308. The van der Waals surface area contributed by atoms with Gasteiger partial charge in [0.05, 0.1) is 5.52 Å². The molecule has 0 fully saturated rings. The van der Waals surface area contributed by atoms with Crippen molar-refractivity contribution in [1.82, 2.24) is 20.5 Å². The van der Waals surface area contributed by atoms with Crippen molar-refractivity contribution in [2.24, 2.45) is 0 Å². The van der Waals surface area contributed by atoms with Crippen LogP contribution in [0, 0.1) is 0 Å². The van der Waals surface area contributed by atoms with E-state index >= 15 is 0 Å². The molecular formula is C13H15N5. The van der Waals surface area contributed by atoms with E-state index < -0.39 is 0 Å². The lowest BCUT2D eigenvalue weighted by atomic mass is 10.1. The predicted molar refractivity (Wildman–Crippen MR) is 71.4 cm³/mol. The molecular weight excluding hydrogens is 226 g/mol. The molecule has 0 aliphatic carbocycles. The van der Waals surface area contributed by atoms with Crippen molar-refractivity contribution in [3.63, 3.8) is 0 Å². The second-order valence-electron chi connectivity index (χ2n) is 4.29. The fourth-order valence-corrected chi connectivity index (χ4v) is 1.98. The maximum atomic E-state index is 4.43. The van der Waals surface area contributed by atoms with Crippen molar-refractivity contribution in [2.75, 3.05) is 25.0 Å². The van der Waals surface area contributed by atoms with Gasteiger partial charge in [-0.15, -0.1) is 10.2 Å². The third-order valence-electron chi connectivity index (χ3n) is 2.99. The van der Waals surface area contributed by atoms with Crippen LogP contribution >= 0.6 is 0 Å². The average Bonchev–Trinajstić information content (AvgIpc) is 2.46. The molecule has 1 aliphatic rings. The Bertz CT molecular complexity index is 578. The summed E-state index contributed by atoms with van der Waals surface area (Å²) >= 11 is 0. The number of nitrogens with zero attached hydrogens (tertiary/aromatic N) is 3. The van der Waals surface area contributed by atoms with Crippen LogP contribution in [-0.4, -0.2) is 34.8 Å². The lowest BCUT2D eigenvalue weighted by Crippen LogP contribution is -2.23. The summed E-state index contributed by atoms with van der Waals surface area (Å²) in [4.78, 5) is 4.43. The normalized spacial score (nSPS) is 15.4. The summed E-state index contributed by atoms with van der Waals surface area (Å²) < 4.78 is 0. The first-order valence-electron chi connectivity index (χ1n) is 6.14. The number of nitrogens with one attached hydrogen (secondary N) is 2. The van der Waals surface area contributed by atoms with E-state index in [-0.39, 0.29) is 0 Å². The molecule has 2 N–H and O–H groups in total. The van der Waals surface area contributed by atoms with Crippen LogP contribution in [0.15, 0.2) is 35.9 Å². The van der Waals surface area contributed by atoms with Gasteiger partial charge in [-0.3, -0.25) is 0 Å². The van der Waals surface area contributed by atoms with Gasteiger partial charge in [0.25, 0.3) is 0 Å². The third kappa shape index (κ3) is 2.46. The van der Waals surface area contributed by atoms with Gasteiger partial charge in [0.2, 0.25) is 5.95 Å². The van der Waals surface area contributed by atoms with E-state index in [1.165, 1.54) is 5.57 Å². The molecule has 0 saturated carbocycles. The largest absolute Gasteiger partial charge is 0.349 e. The van der Waals surface area contributed by atoms with E-state index in [1.54, 1.807) is 0 Å². The second-order valence-corrected chi connectivity index (χ2v) is 4.29. The van der Waals surface area contributed by atoms with Gasteiger partial charge in [-0.2, -0.15) is 0 Å². The fourth-order valence-electron chi connectivity index (χ4n) is 1.98. The summed E-state index contributed by atoms with van der Waals surface area (Å²) in [7, 11) is 0. The van der Waals surface area contributed by atoms with Gasteiger partial charge in [0.1, 0.15) is 5.52 Å². The summed E-state index contributed by atoms with van der Waals surface area (Å²) in [5.41, 5.74) is 3.09. The van der Waals surface area contributed by atoms with Crippen molar-refractivity contribution in [3.8, 4) is 0 Å². The molecule has 1 aromatic carbocycles. The summed E-state index contributed by atoms with van der Waals surface area (Å²) in [6.45, 7) is 2.79. The Morgan fingerprint density at radius 2 is 2.06 bits per heavy atom. The highest BCUT2D eigenvalue weighted by Crippen LogP contribution is 2.10. The highest BCUT2D eigenvalue weighted by atomic mass is 15.2. The number of rotatable bonds is 3. The molecule has 18 heavy (non-hydrogen) atoms. The average molecular weight is 241 g/mol. The quantitative estimate of drug-likeness (QED) is 0.794. The molecule has 0 unspecified atom stereocenters. The van der Waals surface area contributed by atoms with Crippen molar-refractivity contribution in [3.05, 3.63) is 35.9 Å². The Morgan fingerprint density at radius 1 is 1.17 bits per heavy atom. The number of fused-ring (bicyclic) bond motifs is 1. The molecule has 3 rings (SSSR count). The summed E-state index contributed by atoms with van der Waals surface area (Å²) in [6.07, 6.45) is 3.29. The lowest BCUT2D eigenvalue weighted by Gasteiger charge is -2.14. The maximum absolute atomic E-state index is 4.43. The Balaban J connectivity index is 1.72. The minimum atomic E-state index is 0.591. The number of para-hydroxylation sites is 1. The van der Waals surface area contributed by atoms with Gasteiger partial charge in [-0.05, 0) is 25.1 Å². The van der Waals surface area contributed by atoms with Crippen LogP contribution in [0.25, 0.3) is 11.0 Å². The highest BCUT2D eigenvalue weighted by molar-refractivity contribution is 5.74. The summed E-state index contributed by atoms with van der Waals surface area (Å²) in [5.74, 6) is 0.591. The molecule has 2 heterocycles. The molecule has 2 aromatic rings. The van der Waals surface area contributed by atoms with Crippen LogP contribution in [0.2, 0.25) is 0 Å². The zero-order valence-corrected chi connectivity index (χ0v) is 10.1. The highest BCUT2D eigenvalue weighted by Gasteiger charge is 2.04. The molecule has 5 nitrogen and oxygen atoms in total. The Labute approximate surface area is 105 Å².